The zero-order valence-electron chi connectivity index (χ0n) is 27.4. The van der Waals surface area contributed by atoms with Crippen LogP contribution >= 0.6 is 0 Å². The first-order valence-corrected chi connectivity index (χ1v) is 17.2. The number of hydrogen-bond donors (Lipinski definition) is 0. The Hall–Kier alpha value is -6.64. The first-order valence-electron chi connectivity index (χ1n) is 17.2. The molecule has 0 aliphatic rings. The zero-order valence-corrected chi connectivity index (χ0v) is 27.4. The quantitative estimate of drug-likeness (QED) is 0.178. The second-order valence-corrected chi connectivity index (χ2v) is 13.0. The molecule has 2 aromatic heterocycles. The second kappa shape index (κ2) is 11.5. The summed E-state index contributed by atoms with van der Waals surface area (Å²) in [6, 6.07) is 70.4. The van der Waals surface area contributed by atoms with Gasteiger partial charge in [0.25, 0.3) is 0 Å². The summed E-state index contributed by atoms with van der Waals surface area (Å²) < 4.78 is 4.81. The third kappa shape index (κ3) is 4.57. The molecule has 0 fully saturated rings. The maximum Gasteiger partial charge on any atom is 0.0547 e. The van der Waals surface area contributed by atoms with Gasteiger partial charge < -0.3 is 9.13 Å². The molecule has 0 aliphatic heterocycles. The molecule has 0 unspecified atom stereocenters. The molecule has 10 rings (SSSR count). The van der Waals surface area contributed by atoms with Crippen LogP contribution < -0.4 is 0 Å². The van der Waals surface area contributed by atoms with Gasteiger partial charge in [-0.25, -0.2) is 0 Å². The van der Waals surface area contributed by atoms with Crippen LogP contribution in [-0.4, -0.2) is 9.13 Å². The van der Waals surface area contributed by atoms with Crippen LogP contribution in [0.5, 0.6) is 0 Å². The van der Waals surface area contributed by atoms with E-state index in [0.717, 1.165) is 11.4 Å². The van der Waals surface area contributed by atoms with Crippen molar-refractivity contribution in [3.05, 3.63) is 194 Å². The van der Waals surface area contributed by atoms with Crippen LogP contribution in [0.15, 0.2) is 194 Å². The molecule has 2 heteroatoms. The Bertz CT molecular complexity index is 2800. The maximum atomic E-state index is 2.42. The van der Waals surface area contributed by atoms with Gasteiger partial charge in [-0.3, -0.25) is 0 Å². The average Bonchev–Trinajstić information content (AvgIpc) is 3.71. The van der Waals surface area contributed by atoms with Crippen molar-refractivity contribution in [2.45, 2.75) is 0 Å². The first kappa shape index (κ1) is 28.4. The minimum absolute atomic E-state index is 1.15. The number of hydrogen-bond acceptors (Lipinski definition) is 0. The fraction of sp³-hybridized carbons (Fsp3) is 0. The lowest BCUT2D eigenvalue weighted by molar-refractivity contribution is 1.18. The summed E-state index contributed by atoms with van der Waals surface area (Å²) in [5, 5.41) is 5.05. The van der Waals surface area contributed by atoms with Gasteiger partial charge in [0.1, 0.15) is 0 Å². The first-order chi connectivity index (χ1) is 24.8. The minimum atomic E-state index is 1.15. The number of rotatable bonds is 5. The monoisotopic (exact) mass is 636 g/mol. The van der Waals surface area contributed by atoms with Crippen LogP contribution in [0.3, 0.4) is 0 Å². The van der Waals surface area contributed by atoms with Crippen LogP contribution in [0.4, 0.5) is 0 Å². The summed E-state index contributed by atoms with van der Waals surface area (Å²) >= 11 is 0. The lowest BCUT2D eigenvalue weighted by Crippen LogP contribution is -1.95. The third-order valence-corrected chi connectivity index (χ3v) is 10.1. The van der Waals surface area contributed by atoms with E-state index >= 15 is 0 Å². The standard InChI is InChI=1S/C48H32N2/c1-2-12-33(13-3-1)34-24-26-35(27-25-34)36-14-10-17-40(30-36)50-47-23-9-6-20-43(47)44-29-28-38(32-48(44)50)37-15-11-16-39(31-37)49-45-21-7-4-18-41(45)42-19-5-8-22-46(42)49/h1-32H. The van der Waals surface area contributed by atoms with Crippen molar-refractivity contribution in [2.24, 2.45) is 0 Å². The Morgan fingerprint density at radius 2 is 0.580 bits per heavy atom. The average molecular weight is 637 g/mol. The molecule has 0 N–H and O–H groups in total. The lowest BCUT2D eigenvalue weighted by atomic mass is 10.00. The number of para-hydroxylation sites is 3. The number of benzene rings is 8. The molecule has 0 radical (unpaired) electrons. The summed E-state index contributed by atoms with van der Waals surface area (Å²) in [6.45, 7) is 0. The van der Waals surface area contributed by atoms with Gasteiger partial charge in [-0.05, 0) is 81.9 Å². The van der Waals surface area contributed by atoms with E-state index in [0.29, 0.717) is 0 Å². The molecule has 10 aromatic rings. The van der Waals surface area contributed by atoms with Gasteiger partial charge in [0.15, 0.2) is 0 Å². The van der Waals surface area contributed by atoms with Crippen molar-refractivity contribution >= 4 is 43.6 Å². The number of fused-ring (bicyclic) bond motifs is 6. The van der Waals surface area contributed by atoms with E-state index < -0.39 is 0 Å². The predicted molar refractivity (Wildman–Crippen MR) is 211 cm³/mol. The van der Waals surface area contributed by atoms with Crippen molar-refractivity contribution < 1.29 is 0 Å². The van der Waals surface area contributed by atoms with Crippen LogP contribution in [0, 0.1) is 0 Å². The molecule has 0 aliphatic carbocycles. The summed E-state index contributed by atoms with van der Waals surface area (Å²) in [5.74, 6) is 0. The SMILES string of the molecule is c1ccc(-c2ccc(-c3cccc(-n4c5ccccc5c5ccc(-c6cccc(-n7c8ccccc8c8ccccc87)c6)cc54)c3)cc2)cc1. The zero-order chi connectivity index (χ0) is 33.0. The number of aromatic nitrogens is 2. The summed E-state index contributed by atoms with van der Waals surface area (Å²) in [6.07, 6.45) is 0. The van der Waals surface area contributed by atoms with Crippen LogP contribution in [-0.2, 0) is 0 Å². The topological polar surface area (TPSA) is 9.86 Å². The lowest BCUT2D eigenvalue weighted by Gasteiger charge is -2.13. The van der Waals surface area contributed by atoms with Crippen molar-refractivity contribution in [1.29, 1.82) is 0 Å². The smallest absolute Gasteiger partial charge is 0.0547 e. The molecule has 0 spiro atoms. The molecule has 0 bridgehead atoms. The highest BCUT2D eigenvalue weighted by molar-refractivity contribution is 6.11. The molecule has 50 heavy (non-hydrogen) atoms. The van der Waals surface area contributed by atoms with Gasteiger partial charge in [0, 0.05) is 32.9 Å². The highest BCUT2D eigenvalue weighted by atomic mass is 15.0. The van der Waals surface area contributed by atoms with Gasteiger partial charge in [0.05, 0.1) is 22.1 Å². The Labute approximate surface area is 290 Å². The molecule has 234 valence electrons. The van der Waals surface area contributed by atoms with Gasteiger partial charge >= 0.3 is 0 Å². The van der Waals surface area contributed by atoms with Gasteiger partial charge in [-0.1, -0.05) is 146 Å². The molecule has 0 amide bonds. The molecule has 8 aromatic carbocycles. The van der Waals surface area contributed by atoms with E-state index in [1.54, 1.807) is 0 Å². The van der Waals surface area contributed by atoms with E-state index in [9.17, 15) is 0 Å². The maximum absolute atomic E-state index is 2.42. The second-order valence-electron chi connectivity index (χ2n) is 13.0. The van der Waals surface area contributed by atoms with Crippen LogP contribution in [0.25, 0.3) is 88.4 Å². The summed E-state index contributed by atoms with van der Waals surface area (Å²) in [5.41, 5.74) is 14.4. The Morgan fingerprint density at radius 3 is 1.14 bits per heavy atom. The predicted octanol–water partition coefficient (Wildman–Crippen LogP) is 12.9. The molecular formula is C48H32N2. The van der Waals surface area contributed by atoms with Crippen molar-refractivity contribution in [3.63, 3.8) is 0 Å². The van der Waals surface area contributed by atoms with Crippen LogP contribution in [0.1, 0.15) is 0 Å². The molecule has 0 atom stereocenters. The van der Waals surface area contributed by atoms with Crippen molar-refractivity contribution in [2.75, 3.05) is 0 Å². The Kier molecular flexibility index (Phi) is 6.53. The Morgan fingerprint density at radius 1 is 0.220 bits per heavy atom. The van der Waals surface area contributed by atoms with Crippen LogP contribution in [0.2, 0.25) is 0 Å². The summed E-state index contributed by atoms with van der Waals surface area (Å²) in [7, 11) is 0. The Balaban J connectivity index is 1.10. The third-order valence-electron chi connectivity index (χ3n) is 10.1. The largest absolute Gasteiger partial charge is 0.309 e. The molecule has 0 saturated carbocycles. The van der Waals surface area contributed by atoms with E-state index in [1.807, 2.05) is 0 Å². The van der Waals surface area contributed by atoms with E-state index in [4.69, 9.17) is 0 Å². The van der Waals surface area contributed by atoms with Gasteiger partial charge in [-0.2, -0.15) is 0 Å². The normalized spacial score (nSPS) is 11.6. The number of nitrogens with zero attached hydrogens (tertiary/aromatic N) is 2. The van der Waals surface area contributed by atoms with Crippen molar-refractivity contribution in [3.8, 4) is 44.8 Å². The van der Waals surface area contributed by atoms with Gasteiger partial charge in [-0.15, -0.1) is 0 Å². The molecule has 0 saturated heterocycles. The molecular weight excluding hydrogens is 605 g/mol. The molecule has 2 heterocycles. The molecule has 2 nitrogen and oxygen atoms in total. The highest BCUT2D eigenvalue weighted by Gasteiger charge is 2.16. The van der Waals surface area contributed by atoms with E-state index in [2.05, 4.69) is 203 Å². The van der Waals surface area contributed by atoms with E-state index in [-0.39, 0.29) is 0 Å². The van der Waals surface area contributed by atoms with Crippen molar-refractivity contribution in [1.82, 2.24) is 9.13 Å². The van der Waals surface area contributed by atoms with E-state index in [1.165, 1.54) is 77.0 Å². The minimum Gasteiger partial charge on any atom is -0.309 e. The highest BCUT2D eigenvalue weighted by Crippen LogP contribution is 2.37. The fourth-order valence-electron chi connectivity index (χ4n) is 7.76. The fourth-order valence-corrected chi connectivity index (χ4v) is 7.76. The van der Waals surface area contributed by atoms with Gasteiger partial charge in [0.2, 0.25) is 0 Å². The summed E-state index contributed by atoms with van der Waals surface area (Å²) in [4.78, 5) is 0.